The molecule has 0 bridgehead atoms. The Morgan fingerprint density at radius 2 is 1.96 bits per heavy atom. The minimum atomic E-state index is -4.71. The zero-order chi connectivity index (χ0) is 19.2. The molecular weight excluding hydrogens is 377 g/mol. The first-order chi connectivity index (χ1) is 12.3. The number of amides is 1. The smallest absolute Gasteiger partial charge is 0.351 e. The zero-order valence-electron chi connectivity index (χ0n) is 13.3. The molecule has 140 valence electrons. The molecule has 1 heterocycles. The molecule has 2 aromatic rings. The van der Waals surface area contributed by atoms with E-state index in [0.717, 1.165) is 0 Å². The standard InChI is InChI=1S/C15H14ClF3N4O3/c1-9(16)8-25-21-7-6-20-13(24)11-4-2-10(3-5-11)12-22-14(26-23-12)15(17,18)19/h2-5,21H,1,6-8H2,(H,20,24). The van der Waals surface area contributed by atoms with Crippen LogP contribution >= 0.6 is 11.6 Å². The Hall–Kier alpha value is -2.43. The molecule has 0 fully saturated rings. The highest BCUT2D eigenvalue weighted by atomic mass is 35.5. The van der Waals surface area contributed by atoms with Crippen molar-refractivity contribution in [1.82, 2.24) is 20.9 Å². The van der Waals surface area contributed by atoms with E-state index in [-0.39, 0.29) is 30.4 Å². The van der Waals surface area contributed by atoms with Gasteiger partial charge in [-0.3, -0.25) is 9.63 Å². The number of hydrogen-bond acceptors (Lipinski definition) is 6. The van der Waals surface area contributed by atoms with Gasteiger partial charge in [0.25, 0.3) is 5.91 Å². The van der Waals surface area contributed by atoms with Crippen LogP contribution in [0, 0.1) is 0 Å². The summed E-state index contributed by atoms with van der Waals surface area (Å²) < 4.78 is 41.5. The highest BCUT2D eigenvalue weighted by Crippen LogP contribution is 2.29. The molecule has 0 unspecified atom stereocenters. The fourth-order valence-corrected chi connectivity index (χ4v) is 1.81. The summed E-state index contributed by atoms with van der Waals surface area (Å²) in [6.07, 6.45) is -4.71. The summed E-state index contributed by atoms with van der Waals surface area (Å²) in [5.74, 6) is -2.00. The van der Waals surface area contributed by atoms with Gasteiger partial charge in [0.05, 0.1) is 0 Å². The van der Waals surface area contributed by atoms with Gasteiger partial charge in [-0.05, 0) is 12.1 Å². The number of hydroxylamine groups is 1. The van der Waals surface area contributed by atoms with Crippen molar-refractivity contribution in [2.75, 3.05) is 19.7 Å². The van der Waals surface area contributed by atoms with Crippen molar-refractivity contribution >= 4 is 17.5 Å². The lowest BCUT2D eigenvalue weighted by molar-refractivity contribution is -0.159. The summed E-state index contributed by atoms with van der Waals surface area (Å²) in [6.45, 7) is 4.22. The van der Waals surface area contributed by atoms with E-state index >= 15 is 0 Å². The van der Waals surface area contributed by atoms with Gasteiger partial charge in [-0.25, -0.2) is 5.48 Å². The number of nitrogens with one attached hydrogen (secondary N) is 2. The molecule has 1 aromatic carbocycles. The predicted molar refractivity (Wildman–Crippen MR) is 86.0 cm³/mol. The van der Waals surface area contributed by atoms with Gasteiger partial charge in [0.1, 0.15) is 6.61 Å². The van der Waals surface area contributed by atoms with E-state index in [9.17, 15) is 18.0 Å². The third kappa shape index (κ3) is 5.83. The van der Waals surface area contributed by atoms with Crippen LogP contribution in [0.1, 0.15) is 16.2 Å². The van der Waals surface area contributed by atoms with Crippen molar-refractivity contribution in [2.24, 2.45) is 0 Å². The molecule has 1 aromatic heterocycles. The largest absolute Gasteiger partial charge is 0.471 e. The normalized spacial score (nSPS) is 11.4. The first kappa shape index (κ1) is 19.9. The van der Waals surface area contributed by atoms with Crippen molar-refractivity contribution in [2.45, 2.75) is 6.18 Å². The highest BCUT2D eigenvalue weighted by molar-refractivity contribution is 6.29. The quantitative estimate of drug-likeness (QED) is 0.532. The van der Waals surface area contributed by atoms with Crippen molar-refractivity contribution in [3.8, 4) is 11.4 Å². The van der Waals surface area contributed by atoms with Crippen LogP contribution < -0.4 is 10.8 Å². The Morgan fingerprint density at radius 1 is 1.27 bits per heavy atom. The number of carbonyl (C=O) groups excluding carboxylic acids is 1. The van der Waals surface area contributed by atoms with E-state index < -0.39 is 12.1 Å². The van der Waals surface area contributed by atoms with Crippen LogP contribution in [-0.4, -0.2) is 35.7 Å². The Labute approximate surface area is 151 Å². The van der Waals surface area contributed by atoms with Gasteiger partial charge in [0.2, 0.25) is 5.82 Å². The van der Waals surface area contributed by atoms with Crippen molar-refractivity contribution in [3.05, 3.63) is 47.3 Å². The van der Waals surface area contributed by atoms with Crippen LogP contribution in [0.15, 0.2) is 40.4 Å². The van der Waals surface area contributed by atoms with Gasteiger partial charge in [-0.15, -0.1) is 0 Å². The molecule has 0 saturated carbocycles. The second-order valence-electron chi connectivity index (χ2n) is 4.95. The van der Waals surface area contributed by atoms with Gasteiger partial charge >= 0.3 is 12.1 Å². The van der Waals surface area contributed by atoms with Crippen LogP contribution in [0.2, 0.25) is 0 Å². The maximum Gasteiger partial charge on any atom is 0.471 e. The third-order valence-electron chi connectivity index (χ3n) is 2.92. The summed E-state index contributed by atoms with van der Waals surface area (Å²) in [5, 5.41) is 6.25. The fraction of sp³-hybridized carbons (Fsp3) is 0.267. The molecule has 0 aliphatic heterocycles. The Bertz CT molecular complexity index is 762. The maximum atomic E-state index is 12.4. The molecular formula is C15H14ClF3N4O3. The van der Waals surface area contributed by atoms with Gasteiger partial charge in [0, 0.05) is 29.2 Å². The minimum absolute atomic E-state index is 0.142. The van der Waals surface area contributed by atoms with E-state index in [0.29, 0.717) is 17.1 Å². The number of halogens is 4. The topological polar surface area (TPSA) is 89.3 Å². The van der Waals surface area contributed by atoms with Crippen molar-refractivity contribution in [1.29, 1.82) is 0 Å². The van der Waals surface area contributed by atoms with Crippen LogP contribution in [-0.2, 0) is 11.0 Å². The first-order valence-corrected chi connectivity index (χ1v) is 7.62. The van der Waals surface area contributed by atoms with Gasteiger partial charge in [-0.1, -0.05) is 35.5 Å². The lowest BCUT2D eigenvalue weighted by atomic mass is 10.1. The summed E-state index contributed by atoms with van der Waals surface area (Å²) in [5.41, 5.74) is 3.20. The number of carbonyl (C=O) groups is 1. The SMILES string of the molecule is C=C(Cl)CONCCNC(=O)c1ccc(-c2noc(C(F)(F)F)n2)cc1. The fourth-order valence-electron chi connectivity index (χ4n) is 1.76. The lowest BCUT2D eigenvalue weighted by Crippen LogP contribution is -2.32. The monoisotopic (exact) mass is 390 g/mol. The second-order valence-corrected chi connectivity index (χ2v) is 5.49. The molecule has 0 saturated heterocycles. The van der Waals surface area contributed by atoms with E-state index in [1.807, 2.05) is 0 Å². The second kappa shape index (κ2) is 8.79. The predicted octanol–water partition coefficient (Wildman–Crippen LogP) is 2.76. The average Bonchev–Trinajstić information content (AvgIpc) is 3.08. The Balaban J connectivity index is 1.85. The van der Waals surface area contributed by atoms with E-state index in [1.165, 1.54) is 24.3 Å². The molecule has 1 amide bonds. The summed E-state index contributed by atoms with van der Waals surface area (Å²) in [7, 11) is 0. The van der Waals surface area contributed by atoms with Crippen LogP contribution in [0.5, 0.6) is 0 Å². The Kier molecular flexibility index (Phi) is 6.72. The summed E-state index contributed by atoms with van der Waals surface area (Å²) >= 11 is 5.50. The molecule has 2 N–H and O–H groups in total. The number of hydrogen-bond donors (Lipinski definition) is 2. The third-order valence-corrected chi connectivity index (χ3v) is 3.03. The molecule has 0 atom stereocenters. The summed E-state index contributed by atoms with van der Waals surface area (Å²) in [4.78, 5) is 20.2. The van der Waals surface area contributed by atoms with Crippen LogP contribution in [0.3, 0.4) is 0 Å². The maximum absolute atomic E-state index is 12.4. The molecule has 2 rings (SSSR count). The molecule has 0 aliphatic carbocycles. The molecule has 7 nitrogen and oxygen atoms in total. The number of nitrogens with zero attached hydrogens (tertiary/aromatic N) is 2. The molecule has 26 heavy (non-hydrogen) atoms. The number of benzene rings is 1. The molecule has 0 radical (unpaired) electrons. The molecule has 0 spiro atoms. The molecule has 0 aliphatic rings. The zero-order valence-corrected chi connectivity index (χ0v) is 14.0. The van der Waals surface area contributed by atoms with Crippen LogP contribution in [0.25, 0.3) is 11.4 Å². The Morgan fingerprint density at radius 3 is 2.54 bits per heavy atom. The van der Waals surface area contributed by atoms with E-state index in [4.69, 9.17) is 16.4 Å². The van der Waals surface area contributed by atoms with Crippen LogP contribution in [0.4, 0.5) is 13.2 Å². The van der Waals surface area contributed by atoms with Gasteiger partial charge in [0.15, 0.2) is 0 Å². The number of alkyl halides is 3. The van der Waals surface area contributed by atoms with Crippen molar-refractivity contribution < 1.29 is 27.3 Å². The van der Waals surface area contributed by atoms with Gasteiger partial charge in [-0.2, -0.15) is 18.2 Å². The minimum Gasteiger partial charge on any atom is -0.351 e. The molecule has 11 heteroatoms. The average molecular weight is 391 g/mol. The first-order valence-electron chi connectivity index (χ1n) is 7.25. The van der Waals surface area contributed by atoms with E-state index in [1.54, 1.807) is 0 Å². The summed E-state index contributed by atoms with van der Waals surface area (Å²) in [6, 6.07) is 5.73. The highest BCUT2D eigenvalue weighted by Gasteiger charge is 2.38. The van der Waals surface area contributed by atoms with E-state index in [2.05, 4.69) is 32.0 Å². The number of aromatic nitrogens is 2. The van der Waals surface area contributed by atoms with Crippen molar-refractivity contribution in [3.63, 3.8) is 0 Å². The number of rotatable bonds is 8. The lowest BCUT2D eigenvalue weighted by Gasteiger charge is -2.07. The van der Waals surface area contributed by atoms with Gasteiger partial charge < -0.3 is 9.84 Å².